The summed E-state index contributed by atoms with van der Waals surface area (Å²) in [5, 5.41) is 1.81. The summed E-state index contributed by atoms with van der Waals surface area (Å²) < 4.78 is 8.88. The maximum Gasteiger partial charge on any atom is 0.0223 e. The molecule has 40 valence electrons. The Morgan fingerprint density at radius 1 is 1.86 bits per heavy atom. The van der Waals surface area contributed by atoms with Gasteiger partial charge in [0.15, 0.2) is 0 Å². The molecule has 0 saturated carbocycles. The van der Waals surface area contributed by atoms with Gasteiger partial charge >= 0.3 is 0 Å². The van der Waals surface area contributed by atoms with Crippen molar-refractivity contribution in [3.8, 4) is 0 Å². The zero-order chi connectivity index (χ0) is 5.28. The standard InChI is InChI=1S/C3H7N3S/c1-6-5-2-3-7(6)4/h2-5H,1H3. The molecule has 1 heterocycles. The lowest BCUT2D eigenvalue weighted by Crippen LogP contribution is -2.24. The fourth-order valence-corrected chi connectivity index (χ4v) is 0.895. The van der Waals surface area contributed by atoms with Gasteiger partial charge in [0.2, 0.25) is 0 Å². The Hall–Kier alpha value is -0.350. The quantitative estimate of drug-likeness (QED) is 0.476. The fraction of sp³-hybridized carbons (Fsp3) is 0.333. The molecule has 1 atom stereocenters. The molecular weight excluding hydrogens is 110 g/mol. The summed E-state index contributed by atoms with van der Waals surface area (Å²) in [5.41, 5.74) is 2.85. The first-order valence-corrected chi connectivity index (χ1v) is 3.16. The Morgan fingerprint density at radius 3 is 2.71 bits per heavy atom. The Morgan fingerprint density at radius 2 is 2.57 bits per heavy atom. The third-order valence-corrected chi connectivity index (χ3v) is 1.84. The highest BCUT2D eigenvalue weighted by molar-refractivity contribution is 7.86. The van der Waals surface area contributed by atoms with Crippen LogP contribution in [0.25, 0.3) is 0 Å². The molecule has 0 saturated heterocycles. The van der Waals surface area contributed by atoms with E-state index >= 15 is 0 Å². The monoisotopic (exact) mass is 117 g/mol. The van der Waals surface area contributed by atoms with Gasteiger partial charge in [-0.1, -0.05) is 0 Å². The van der Waals surface area contributed by atoms with Crippen molar-refractivity contribution >= 4 is 10.9 Å². The molecule has 7 heavy (non-hydrogen) atoms. The van der Waals surface area contributed by atoms with Crippen molar-refractivity contribution in [2.45, 2.75) is 0 Å². The number of nitrogens with zero attached hydrogens (tertiary/aromatic N) is 1. The van der Waals surface area contributed by atoms with E-state index in [2.05, 4.69) is 5.43 Å². The maximum atomic E-state index is 7.14. The van der Waals surface area contributed by atoms with Crippen molar-refractivity contribution in [2.75, 3.05) is 7.05 Å². The van der Waals surface area contributed by atoms with Crippen LogP contribution >= 0.6 is 0 Å². The summed E-state index contributed by atoms with van der Waals surface area (Å²) in [6.45, 7) is 0. The highest BCUT2D eigenvalue weighted by Gasteiger charge is 2.00. The number of nitrogens with one attached hydrogen (secondary N) is 2. The van der Waals surface area contributed by atoms with Gasteiger partial charge in [-0.25, -0.2) is 0 Å². The van der Waals surface area contributed by atoms with E-state index in [0.29, 0.717) is 0 Å². The Balaban J connectivity index is 2.62. The van der Waals surface area contributed by atoms with Crippen LogP contribution < -0.4 is 5.43 Å². The first-order chi connectivity index (χ1) is 3.30. The van der Waals surface area contributed by atoms with Crippen molar-refractivity contribution in [3.05, 3.63) is 11.6 Å². The summed E-state index contributed by atoms with van der Waals surface area (Å²) >= 11 is 0. The molecule has 1 rings (SSSR count). The third kappa shape index (κ3) is 0.808. The van der Waals surface area contributed by atoms with Crippen molar-refractivity contribution in [3.63, 3.8) is 0 Å². The molecular formula is C3H7N3S. The summed E-state index contributed by atoms with van der Waals surface area (Å²) in [7, 11) is 1.42. The predicted octanol–water partition coefficient (Wildman–Crippen LogP) is 0.203. The zero-order valence-corrected chi connectivity index (χ0v) is 4.83. The summed E-state index contributed by atoms with van der Waals surface area (Å²) in [4.78, 5) is 0. The fourth-order valence-electron chi connectivity index (χ4n) is 0.348. The lowest BCUT2D eigenvalue weighted by Gasteiger charge is -2.06. The van der Waals surface area contributed by atoms with Crippen LogP contribution in [0.1, 0.15) is 0 Å². The molecule has 0 spiro atoms. The van der Waals surface area contributed by atoms with Crippen molar-refractivity contribution in [1.82, 2.24) is 9.84 Å². The number of hydrogen-bond donors (Lipinski definition) is 2. The average Bonchev–Trinajstić information content (AvgIpc) is 1.91. The average molecular weight is 117 g/mol. The van der Waals surface area contributed by atoms with Crippen LogP contribution in [0.3, 0.4) is 0 Å². The van der Waals surface area contributed by atoms with Crippen LogP contribution in [0.2, 0.25) is 0 Å². The second-order valence-electron chi connectivity index (χ2n) is 1.24. The SMILES string of the molecule is CN1NC=CS1=N. The van der Waals surface area contributed by atoms with Crippen LogP contribution in [-0.4, -0.2) is 11.5 Å². The Bertz CT molecular complexity index is 119. The van der Waals surface area contributed by atoms with Crippen molar-refractivity contribution in [1.29, 1.82) is 4.78 Å². The van der Waals surface area contributed by atoms with Gasteiger partial charge < -0.3 is 5.43 Å². The number of hydrogen-bond acceptors (Lipinski definition) is 2. The first-order valence-electron chi connectivity index (χ1n) is 1.92. The Labute approximate surface area is 45.0 Å². The van der Waals surface area contributed by atoms with Gasteiger partial charge in [0.25, 0.3) is 0 Å². The van der Waals surface area contributed by atoms with Gasteiger partial charge in [0, 0.05) is 29.5 Å². The van der Waals surface area contributed by atoms with Gasteiger partial charge in [0.1, 0.15) is 0 Å². The highest BCUT2D eigenvalue weighted by Crippen LogP contribution is 1.95. The maximum absolute atomic E-state index is 7.14. The van der Waals surface area contributed by atoms with E-state index in [9.17, 15) is 0 Å². The molecule has 0 aliphatic carbocycles. The van der Waals surface area contributed by atoms with Crippen LogP contribution in [-0.2, 0) is 10.9 Å². The molecule has 1 aliphatic rings. The summed E-state index contributed by atoms with van der Waals surface area (Å²) in [6, 6.07) is 0. The van der Waals surface area contributed by atoms with E-state index in [1.54, 1.807) is 16.0 Å². The molecule has 0 aromatic heterocycles. The molecule has 0 bridgehead atoms. The van der Waals surface area contributed by atoms with Crippen LogP contribution in [0.4, 0.5) is 0 Å². The highest BCUT2D eigenvalue weighted by atomic mass is 32.2. The van der Waals surface area contributed by atoms with E-state index in [4.69, 9.17) is 4.78 Å². The summed E-state index contributed by atoms with van der Waals surface area (Å²) in [6.07, 6.45) is 1.77. The number of rotatable bonds is 0. The topological polar surface area (TPSA) is 39.1 Å². The molecule has 4 heteroatoms. The van der Waals surface area contributed by atoms with Gasteiger partial charge in [-0.3, -0.25) is 4.78 Å². The minimum absolute atomic E-state index is 0.426. The van der Waals surface area contributed by atoms with Crippen LogP contribution in [0.5, 0.6) is 0 Å². The van der Waals surface area contributed by atoms with Gasteiger partial charge in [0.05, 0.1) is 0 Å². The molecule has 3 nitrogen and oxygen atoms in total. The van der Waals surface area contributed by atoms with E-state index in [-0.39, 0.29) is 0 Å². The normalized spacial score (nSPS) is 30.7. The zero-order valence-electron chi connectivity index (χ0n) is 4.01. The van der Waals surface area contributed by atoms with E-state index in [1.165, 1.54) is 0 Å². The Kier molecular flexibility index (Phi) is 1.12. The van der Waals surface area contributed by atoms with Crippen molar-refractivity contribution < 1.29 is 0 Å². The lowest BCUT2D eigenvalue weighted by molar-refractivity contribution is 0.498. The van der Waals surface area contributed by atoms with Gasteiger partial charge in [-0.15, -0.1) is 0 Å². The molecule has 1 aliphatic heterocycles. The van der Waals surface area contributed by atoms with E-state index in [0.717, 1.165) is 0 Å². The molecule has 0 radical (unpaired) electrons. The minimum Gasteiger partial charge on any atom is -0.315 e. The van der Waals surface area contributed by atoms with Crippen LogP contribution in [0, 0.1) is 4.78 Å². The second kappa shape index (κ2) is 1.63. The first kappa shape index (κ1) is 4.80. The molecule has 0 amide bonds. The molecule has 0 fully saturated rings. The molecule has 0 aromatic carbocycles. The molecule has 2 N–H and O–H groups in total. The summed E-state index contributed by atoms with van der Waals surface area (Å²) in [5.74, 6) is 0. The van der Waals surface area contributed by atoms with Gasteiger partial charge in [-0.05, 0) is 0 Å². The van der Waals surface area contributed by atoms with E-state index < -0.39 is 10.9 Å². The van der Waals surface area contributed by atoms with Crippen molar-refractivity contribution in [2.24, 2.45) is 0 Å². The lowest BCUT2D eigenvalue weighted by atomic mass is 11.1. The van der Waals surface area contributed by atoms with E-state index in [1.807, 2.05) is 7.05 Å². The molecule has 0 aromatic rings. The molecule has 1 unspecified atom stereocenters. The van der Waals surface area contributed by atoms with Gasteiger partial charge in [-0.2, -0.15) is 4.41 Å². The number of hydrazine groups is 1. The minimum atomic E-state index is -0.426. The second-order valence-corrected chi connectivity index (χ2v) is 2.69. The third-order valence-electron chi connectivity index (χ3n) is 0.748. The largest absolute Gasteiger partial charge is 0.315 e. The smallest absolute Gasteiger partial charge is 0.0223 e. The predicted molar refractivity (Wildman–Crippen MR) is 30.1 cm³/mol. The van der Waals surface area contributed by atoms with Crippen LogP contribution in [0.15, 0.2) is 11.6 Å².